The van der Waals surface area contributed by atoms with E-state index in [-0.39, 0.29) is 5.82 Å². The van der Waals surface area contributed by atoms with Crippen molar-refractivity contribution >= 4 is 43.6 Å². The van der Waals surface area contributed by atoms with Crippen molar-refractivity contribution in [2.45, 2.75) is 6.18 Å². The number of aromatic nitrogens is 6. The van der Waals surface area contributed by atoms with Gasteiger partial charge in [-0.3, -0.25) is 9.13 Å². The van der Waals surface area contributed by atoms with E-state index < -0.39 is 11.7 Å². The first kappa shape index (κ1) is 33.1. The van der Waals surface area contributed by atoms with E-state index in [2.05, 4.69) is 36.6 Å². The highest BCUT2D eigenvalue weighted by Crippen LogP contribution is 2.40. The summed E-state index contributed by atoms with van der Waals surface area (Å²) in [6.45, 7) is 0. The van der Waals surface area contributed by atoms with Crippen molar-refractivity contribution in [3.8, 4) is 46.0 Å². The van der Waals surface area contributed by atoms with Crippen molar-refractivity contribution in [1.82, 2.24) is 29.1 Å². The van der Waals surface area contributed by atoms with Crippen LogP contribution in [-0.4, -0.2) is 29.1 Å². The third-order valence-corrected chi connectivity index (χ3v) is 9.65. The van der Waals surface area contributed by atoms with E-state index in [0.29, 0.717) is 45.4 Å². The van der Waals surface area contributed by atoms with Crippen LogP contribution in [0.1, 0.15) is 5.56 Å². The van der Waals surface area contributed by atoms with Crippen LogP contribution in [0, 0.1) is 0 Å². The van der Waals surface area contributed by atoms with Gasteiger partial charge >= 0.3 is 6.18 Å². The maximum absolute atomic E-state index is 13.8. The Kier molecular flexibility index (Phi) is 7.73. The molecule has 270 valence electrons. The lowest BCUT2D eigenvalue weighted by Crippen LogP contribution is -2.07. The molecular weight excluding hydrogens is 714 g/mol. The van der Waals surface area contributed by atoms with Crippen LogP contribution in [0.2, 0.25) is 0 Å². The highest BCUT2D eigenvalue weighted by Gasteiger charge is 2.31. The fraction of sp³-hybridized carbons (Fsp3) is 0.0222. The van der Waals surface area contributed by atoms with E-state index in [4.69, 9.17) is 9.47 Å². The molecule has 5 aromatic carbocycles. The fourth-order valence-electron chi connectivity index (χ4n) is 7.26. The monoisotopic (exact) mass is 740 g/mol. The summed E-state index contributed by atoms with van der Waals surface area (Å²) in [5, 5.41) is 3.85. The minimum absolute atomic E-state index is 0.140. The van der Waals surface area contributed by atoms with Gasteiger partial charge in [0, 0.05) is 70.1 Å². The summed E-state index contributed by atoms with van der Waals surface area (Å²) in [4.78, 5) is 17.9. The molecule has 0 unspecified atom stereocenters. The molecular formula is C45H27F3N6O2. The van der Waals surface area contributed by atoms with E-state index in [0.717, 1.165) is 50.5 Å². The molecule has 0 radical (unpaired) electrons. The quantitative estimate of drug-likeness (QED) is 0.162. The van der Waals surface area contributed by atoms with Crippen LogP contribution in [0.25, 0.3) is 66.6 Å². The van der Waals surface area contributed by atoms with Gasteiger partial charge < -0.3 is 9.47 Å². The van der Waals surface area contributed by atoms with Crippen molar-refractivity contribution in [2.75, 3.05) is 0 Å². The molecule has 0 aliphatic rings. The van der Waals surface area contributed by atoms with Crippen LogP contribution in [0.3, 0.4) is 0 Å². The summed E-state index contributed by atoms with van der Waals surface area (Å²) in [7, 11) is 0. The van der Waals surface area contributed by atoms with Crippen LogP contribution in [-0.2, 0) is 6.18 Å². The molecule has 0 spiro atoms. The average molecular weight is 741 g/mol. The highest BCUT2D eigenvalue weighted by atomic mass is 19.4. The van der Waals surface area contributed by atoms with Gasteiger partial charge in [0.05, 0.1) is 27.6 Å². The molecule has 0 amide bonds. The molecule has 0 atom stereocenters. The number of fused-ring (bicyclic) bond motifs is 6. The van der Waals surface area contributed by atoms with Crippen LogP contribution >= 0.6 is 0 Å². The van der Waals surface area contributed by atoms with E-state index in [9.17, 15) is 13.2 Å². The standard InChI is InChI=1S/C45H27F3N6O2/c46-45(47,48)29-17-21-50-43(24-29)54-39-11-4-2-9-35(39)37-16-14-31(27-41(37)54)56-33-23-28(44-51-19-7-20-52-44)22-32(25-33)55-30-13-15-36-34-8-1-3-10-38(34)53(40(36)26-30)42-12-5-6-18-49-42/h1-27H. The maximum atomic E-state index is 13.8. The number of pyridine rings is 2. The van der Waals surface area contributed by atoms with Crippen LogP contribution < -0.4 is 9.47 Å². The van der Waals surface area contributed by atoms with Crippen LogP contribution in [0.4, 0.5) is 13.2 Å². The van der Waals surface area contributed by atoms with Gasteiger partial charge in [0.2, 0.25) is 0 Å². The van der Waals surface area contributed by atoms with Crippen LogP contribution in [0.5, 0.6) is 23.0 Å². The van der Waals surface area contributed by atoms with Gasteiger partial charge in [0.25, 0.3) is 0 Å². The molecule has 5 heterocycles. The SMILES string of the molecule is FC(F)(F)c1ccnc(-n2c3ccccc3c3ccc(Oc4cc(Oc5ccc6c7ccccc7n(-c7ccccn7)c6c5)cc(-c5ncccn5)c4)cc32)c1. The molecule has 0 saturated carbocycles. The molecule has 0 aliphatic carbocycles. The van der Waals surface area contributed by atoms with Gasteiger partial charge in [-0.25, -0.2) is 19.9 Å². The number of ether oxygens (including phenoxy) is 2. The summed E-state index contributed by atoms with van der Waals surface area (Å²) in [5.41, 5.74) is 3.17. The zero-order valence-corrected chi connectivity index (χ0v) is 29.2. The largest absolute Gasteiger partial charge is 0.457 e. The minimum Gasteiger partial charge on any atom is -0.457 e. The number of rotatable bonds is 7. The first-order chi connectivity index (χ1) is 27.4. The highest BCUT2D eigenvalue weighted by molar-refractivity contribution is 6.10. The number of hydrogen-bond acceptors (Lipinski definition) is 6. The Morgan fingerprint density at radius 1 is 0.411 bits per heavy atom. The predicted molar refractivity (Wildman–Crippen MR) is 210 cm³/mol. The summed E-state index contributed by atoms with van der Waals surface area (Å²) in [5.74, 6) is 3.36. The van der Waals surface area contributed by atoms with Crippen molar-refractivity contribution in [3.05, 3.63) is 170 Å². The first-order valence-electron chi connectivity index (χ1n) is 17.7. The normalized spacial score (nSPS) is 11.8. The topological polar surface area (TPSA) is 79.9 Å². The second-order valence-electron chi connectivity index (χ2n) is 13.1. The molecule has 11 heteroatoms. The van der Waals surface area contributed by atoms with Gasteiger partial charge in [-0.2, -0.15) is 13.2 Å². The molecule has 0 aliphatic heterocycles. The Labute approximate surface area is 316 Å². The molecule has 56 heavy (non-hydrogen) atoms. The minimum atomic E-state index is -4.53. The van der Waals surface area contributed by atoms with E-state index in [1.54, 1.807) is 41.4 Å². The van der Waals surface area contributed by atoms with Crippen LogP contribution in [0.15, 0.2) is 164 Å². The average Bonchev–Trinajstić information content (AvgIpc) is 3.73. The number of nitrogens with zero attached hydrogens (tertiary/aromatic N) is 6. The Morgan fingerprint density at radius 3 is 1.54 bits per heavy atom. The zero-order valence-electron chi connectivity index (χ0n) is 29.2. The van der Waals surface area contributed by atoms with Gasteiger partial charge in [0.15, 0.2) is 5.82 Å². The van der Waals surface area contributed by atoms with Crippen molar-refractivity contribution in [1.29, 1.82) is 0 Å². The van der Waals surface area contributed by atoms with E-state index >= 15 is 0 Å². The number of hydrogen-bond donors (Lipinski definition) is 0. The number of halogens is 3. The van der Waals surface area contributed by atoms with Crippen molar-refractivity contribution < 1.29 is 22.6 Å². The van der Waals surface area contributed by atoms with Gasteiger partial charge in [-0.05, 0) is 78.9 Å². The second-order valence-corrected chi connectivity index (χ2v) is 13.1. The molecule has 8 nitrogen and oxygen atoms in total. The molecule has 0 fully saturated rings. The zero-order chi connectivity index (χ0) is 37.8. The molecule has 0 bridgehead atoms. The molecule has 0 saturated heterocycles. The second kappa shape index (κ2) is 13.1. The lowest BCUT2D eigenvalue weighted by Gasteiger charge is -2.13. The molecule has 10 aromatic rings. The molecule has 10 rings (SSSR count). The Hall–Kier alpha value is -7.53. The van der Waals surface area contributed by atoms with Crippen molar-refractivity contribution in [3.63, 3.8) is 0 Å². The van der Waals surface area contributed by atoms with Gasteiger partial charge in [0.1, 0.15) is 34.6 Å². The number of benzene rings is 5. The Bertz CT molecular complexity index is 3090. The smallest absolute Gasteiger partial charge is 0.416 e. The first-order valence-corrected chi connectivity index (χ1v) is 17.7. The Morgan fingerprint density at radius 2 is 0.946 bits per heavy atom. The van der Waals surface area contributed by atoms with Crippen molar-refractivity contribution in [2.24, 2.45) is 0 Å². The third-order valence-electron chi connectivity index (χ3n) is 9.65. The van der Waals surface area contributed by atoms with E-state index in [1.165, 1.54) is 6.20 Å². The molecule has 0 N–H and O–H groups in total. The summed E-state index contributed by atoms with van der Waals surface area (Å²) < 4.78 is 58.3. The summed E-state index contributed by atoms with van der Waals surface area (Å²) in [6.07, 6.45) is 1.74. The number of alkyl halides is 3. The summed E-state index contributed by atoms with van der Waals surface area (Å²) in [6, 6.07) is 42.2. The number of para-hydroxylation sites is 2. The van der Waals surface area contributed by atoms with Gasteiger partial charge in [-0.15, -0.1) is 0 Å². The fourth-order valence-corrected chi connectivity index (χ4v) is 7.26. The Balaban J connectivity index is 1.07. The lowest BCUT2D eigenvalue weighted by molar-refractivity contribution is -0.137. The molecule has 5 aromatic heterocycles. The summed E-state index contributed by atoms with van der Waals surface area (Å²) >= 11 is 0. The predicted octanol–water partition coefficient (Wildman–Crippen LogP) is 11.7. The van der Waals surface area contributed by atoms with E-state index in [1.807, 2.05) is 97.1 Å². The lowest BCUT2D eigenvalue weighted by atomic mass is 10.1. The third kappa shape index (κ3) is 5.82. The van der Waals surface area contributed by atoms with Gasteiger partial charge in [-0.1, -0.05) is 42.5 Å². The maximum Gasteiger partial charge on any atom is 0.416 e.